The number of carbonyl (C=O) groups excluding carboxylic acids is 1. The highest BCUT2D eigenvalue weighted by Gasteiger charge is 2.12. The summed E-state index contributed by atoms with van der Waals surface area (Å²) in [5.41, 5.74) is 6.73. The van der Waals surface area contributed by atoms with Gasteiger partial charge in [-0.3, -0.25) is 4.79 Å². The highest BCUT2D eigenvalue weighted by Crippen LogP contribution is 2.31. The molecule has 0 unspecified atom stereocenters. The first-order valence-electron chi connectivity index (χ1n) is 4.08. The topological polar surface area (TPSA) is 56.2 Å². The van der Waals surface area contributed by atoms with E-state index in [0.29, 0.717) is 21.7 Å². The third-order valence-electron chi connectivity index (χ3n) is 2.02. The third-order valence-corrected chi connectivity index (χ3v) is 2.31. The van der Waals surface area contributed by atoms with Gasteiger partial charge in [-0.1, -0.05) is 11.6 Å². The van der Waals surface area contributed by atoms with Crippen LogP contribution in [0.1, 0.15) is 17.5 Å². The van der Waals surface area contributed by atoms with Gasteiger partial charge in [-0.15, -0.1) is 0 Å². The molecule has 2 N–H and O–H groups in total. The number of benzene rings is 1. The molecule has 2 rings (SSSR count). The second kappa shape index (κ2) is 3.03. The van der Waals surface area contributed by atoms with Gasteiger partial charge >= 0.3 is 0 Å². The smallest absolute Gasteiger partial charge is 0.194 e. The number of hydrogen-bond donors (Lipinski definition) is 1. The molecule has 72 valence electrons. The van der Waals surface area contributed by atoms with E-state index in [1.54, 1.807) is 18.2 Å². The molecule has 0 aliphatic rings. The van der Waals surface area contributed by atoms with Crippen molar-refractivity contribution < 1.29 is 9.21 Å². The van der Waals surface area contributed by atoms with E-state index in [1.807, 2.05) is 0 Å². The second-order valence-corrected chi connectivity index (χ2v) is 3.45. The van der Waals surface area contributed by atoms with E-state index in [-0.39, 0.29) is 11.5 Å². The summed E-state index contributed by atoms with van der Waals surface area (Å²) in [5.74, 6) is 0.136. The van der Waals surface area contributed by atoms with Crippen LogP contribution in [-0.4, -0.2) is 5.78 Å². The lowest BCUT2D eigenvalue weighted by molar-refractivity contribution is 0.0989. The molecule has 1 aromatic carbocycles. The Morgan fingerprint density at radius 1 is 1.50 bits per heavy atom. The second-order valence-electron chi connectivity index (χ2n) is 3.05. The number of ketones is 1. The number of nitrogens with two attached hydrogens (primary N) is 1. The lowest BCUT2D eigenvalue weighted by Crippen LogP contribution is -1.86. The average molecular weight is 210 g/mol. The van der Waals surface area contributed by atoms with E-state index in [9.17, 15) is 4.79 Å². The van der Waals surface area contributed by atoms with Gasteiger partial charge in [0.05, 0.1) is 5.02 Å². The van der Waals surface area contributed by atoms with Gasteiger partial charge in [0.2, 0.25) is 0 Å². The Hall–Kier alpha value is -1.48. The number of halogens is 1. The summed E-state index contributed by atoms with van der Waals surface area (Å²) in [5, 5.41) is 1.14. The zero-order valence-corrected chi connectivity index (χ0v) is 8.26. The van der Waals surface area contributed by atoms with Crippen molar-refractivity contribution in [2.75, 3.05) is 5.73 Å². The molecule has 1 aromatic heterocycles. The van der Waals surface area contributed by atoms with Crippen LogP contribution >= 0.6 is 11.6 Å². The van der Waals surface area contributed by atoms with Crippen LogP contribution in [0.3, 0.4) is 0 Å². The van der Waals surface area contributed by atoms with E-state index < -0.39 is 0 Å². The van der Waals surface area contributed by atoms with Gasteiger partial charge in [0.25, 0.3) is 0 Å². The minimum atomic E-state index is -0.142. The summed E-state index contributed by atoms with van der Waals surface area (Å²) in [6, 6.07) is 4.94. The van der Waals surface area contributed by atoms with Crippen molar-refractivity contribution in [3.8, 4) is 0 Å². The number of rotatable bonds is 1. The minimum absolute atomic E-state index is 0.142. The van der Waals surface area contributed by atoms with Gasteiger partial charge in [0.1, 0.15) is 0 Å². The third kappa shape index (κ3) is 1.26. The Balaban J connectivity index is 2.82. The Kier molecular flexibility index (Phi) is 1.97. The first kappa shape index (κ1) is 9.09. The Morgan fingerprint density at radius 2 is 2.21 bits per heavy atom. The maximum absolute atomic E-state index is 11.1. The molecule has 4 heteroatoms. The van der Waals surface area contributed by atoms with Gasteiger partial charge in [-0.25, -0.2) is 0 Å². The van der Waals surface area contributed by atoms with Gasteiger partial charge in [-0.05, 0) is 18.2 Å². The Labute approximate surface area is 85.4 Å². The molecule has 3 nitrogen and oxygen atoms in total. The maximum atomic E-state index is 11.1. The molecule has 0 fully saturated rings. The molecule has 0 amide bonds. The number of carbonyl (C=O) groups is 1. The minimum Gasteiger partial charge on any atom is -0.451 e. The Bertz CT molecular complexity index is 477. The van der Waals surface area contributed by atoms with Gasteiger partial charge in [0.15, 0.2) is 17.1 Å². The monoisotopic (exact) mass is 209 g/mol. The average Bonchev–Trinajstić information content (AvgIpc) is 2.57. The lowest BCUT2D eigenvalue weighted by Gasteiger charge is -1.95. The number of hydrogen-bond acceptors (Lipinski definition) is 3. The SMILES string of the molecule is CC(=O)c1cc2c(N)ccc(Cl)c2o1. The first-order chi connectivity index (χ1) is 6.59. The molecule has 0 aliphatic heterocycles. The van der Waals surface area contributed by atoms with Crippen LogP contribution in [-0.2, 0) is 0 Å². The van der Waals surface area contributed by atoms with Crippen LogP contribution in [0.2, 0.25) is 5.02 Å². The molecule has 2 aromatic rings. The zero-order valence-electron chi connectivity index (χ0n) is 7.50. The van der Waals surface area contributed by atoms with Crippen molar-refractivity contribution in [1.29, 1.82) is 0 Å². The summed E-state index contributed by atoms with van der Waals surface area (Å²) >= 11 is 5.89. The molecule has 0 spiro atoms. The summed E-state index contributed by atoms with van der Waals surface area (Å²) < 4.78 is 5.28. The molecule has 0 radical (unpaired) electrons. The van der Waals surface area contributed by atoms with Crippen LogP contribution in [0.25, 0.3) is 11.0 Å². The Morgan fingerprint density at radius 3 is 2.79 bits per heavy atom. The molecule has 0 bridgehead atoms. The molecule has 1 heterocycles. The van der Waals surface area contributed by atoms with Crippen molar-refractivity contribution in [3.63, 3.8) is 0 Å². The van der Waals surface area contributed by atoms with Gasteiger partial charge < -0.3 is 10.2 Å². The van der Waals surface area contributed by atoms with Crippen molar-refractivity contribution >= 4 is 34.0 Å². The van der Waals surface area contributed by atoms with E-state index in [2.05, 4.69) is 0 Å². The molecule has 0 saturated carbocycles. The highest BCUT2D eigenvalue weighted by molar-refractivity contribution is 6.35. The van der Waals surface area contributed by atoms with Crippen LogP contribution in [0.15, 0.2) is 22.6 Å². The van der Waals surface area contributed by atoms with Crippen LogP contribution < -0.4 is 5.73 Å². The summed E-state index contributed by atoms with van der Waals surface area (Å²) in [6.45, 7) is 1.43. The van der Waals surface area contributed by atoms with E-state index in [0.717, 1.165) is 0 Å². The standard InChI is InChI=1S/C10H8ClNO2/c1-5(13)9-4-6-8(12)3-2-7(11)10(6)14-9/h2-4H,12H2,1H3. The quantitative estimate of drug-likeness (QED) is 0.580. The van der Waals surface area contributed by atoms with Crippen molar-refractivity contribution in [1.82, 2.24) is 0 Å². The normalized spacial score (nSPS) is 10.7. The predicted octanol–water partition coefficient (Wildman–Crippen LogP) is 2.87. The number of furan rings is 1. The summed E-state index contributed by atoms with van der Waals surface area (Å²) in [6.07, 6.45) is 0. The summed E-state index contributed by atoms with van der Waals surface area (Å²) in [4.78, 5) is 11.1. The van der Waals surface area contributed by atoms with E-state index in [4.69, 9.17) is 21.8 Å². The van der Waals surface area contributed by atoms with E-state index in [1.165, 1.54) is 6.92 Å². The number of fused-ring (bicyclic) bond motifs is 1. The lowest BCUT2D eigenvalue weighted by atomic mass is 10.2. The van der Waals surface area contributed by atoms with Crippen LogP contribution in [0.5, 0.6) is 0 Å². The van der Waals surface area contributed by atoms with Gasteiger partial charge in [-0.2, -0.15) is 0 Å². The largest absolute Gasteiger partial charge is 0.451 e. The fourth-order valence-electron chi connectivity index (χ4n) is 1.28. The molecule has 14 heavy (non-hydrogen) atoms. The van der Waals surface area contributed by atoms with Crippen molar-refractivity contribution in [3.05, 3.63) is 29.0 Å². The van der Waals surface area contributed by atoms with Gasteiger partial charge in [0, 0.05) is 18.0 Å². The molecular formula is C10H8ClNO2. The summed E-state index contributed by atoms with van der Waals surface area (Å²) in [7, 11) is 0. The fraction of sp³-hybridized carbons (Fsp3) is 0.100. The van der Waals surface area contributed by atoms with Crippen molar-refractivity contribution in [2.45, 2.75) is 6.92 Å². The first-order valence-corrected chi connectivity index (χ1v) is 4.46. The maximum Gasteiger partial charge on any atom is 0.194 e. The van der Waals surface area contributed by atoms with Crippen molar-refractivity contribution in [2.24, 2.45) is 0 Å². The predicted molar refractivity (Wildman–Crippen MR) is 55.6 cm³/mol. The highest BCUT2D eigenvalue weighted by atomic mass is 35.5. The van der Waals surface area contributed by atoms with Crippen LogP contribution in [0.4, 0.5) is 5.69 Å². The fourth-order valence-corrected chi connectivity index (χ4v) is 1.49. The number of nitrogen functional groups attached to an aromatic ring is 1. The van der Waals surface area contributed by atoms with Crippen LogP contribution in [0, 0.1) is 0 Å². The molecule has 0 aliphatic carbocycles. The zero-order chi connectivity index (χ0) is 10.3. The van der Waals surface area contributed by atoms with E-state index >= 15 is 0 Å². The number of Topliss-reactive ketones (excluding diaryl/α,β-unsaturated/α-hetero) is 1. The molecular weight excluding hydrogens is 202 g/mol. The number of anilines is 1. The molecule has 0 atom stereocenters. The molecule has 0 saturated heterocycles.